The molecule has 2 unspecified atom stereocenters. The molecule has 2 heterocycles. The van der Waals surface area contributed by atoms with Crippen LogP contribution in [0.5, 0.6) is 0 Å². The number of halogens is 8. The quantitative estimate of drug-likeness (QED) is 0.604. The highest BCUT2D eigenvalue weighted by molar-refractivity contribution is 5.85. The molecule has 0 spiro atoms. The van der Waals surface area contributed by atoms with E-state index >= 15 is 0 Å². The molecular formula is C14H22Cl2F6N2. The molecule has 0 bridgehead atoms. The Bertz CT molecular complexity index is 379. The molecule has 0 aromatic rings. The van der Waals surface area contributed by atoms with Gasteiger partial charge in [0.05, 0.1) is 11.8 Å². The van der Waals surface area contributed by atoms with Gasteiger partial charge in [0.25, 0.3) is 0 Å². The van der Waals surface area contributed by atoms with E-state index in [-0.39, 0.29) is 36.6 Å². The summed E-state index contributed by atoms with van der Waals surface area (Å²) < 4.78 is 72.7. The first-order valence-corrected chi connectivity index (χ1v) is 7.72. The van der Waals surface area contributed by atoms with Gasteiger partial charge >= 0.3 is 12.4 Å². The second-order valence-corrected chi connectivity index (χ2v) is 6.93. The molecule has 2 saturated heterocycles. The lowest BCUT2D eigenvalue weighted by molar-refractivity contribution is -0.221. The summed E-state index contributed by atoms with van der Waals surface area (Å²) in [5, 5.41) is 5.97. The molecule has 2 nitrogen and oxygen atoms in total. The number of hydrogen-bond acceptors (Lipinski definition) is 2. The Morgan fingerprint density at radius 3 is 1.17 bits per heavy atom. The van der Waals surface area contributed by atoms with Crippen molar-refractivity contribution in [3.63, 3.8) is 0 Å². The van der Waals surface area contributed by atoms with Crippen LogP contribution in [-0.4, -0.2) is 38.5 Å². The van der Waals surface area contributed by atoms with Crippen molar-refractivity contribution in [2.45, 2.75) is 25.2 Å². The number of alkyl halides is 6. The van der Waals surface area contributed by atoms with E-state index in [1.165, 1.54) is 0 Å². The summed E-state index contributed by atoms with van der Waals surface area (Å²) in [7, 11) is 0. The fourth-order valence-electron chi connectivity index (χ4n) is 4.33. The Morgan fingerprint density at radius 1 is 0.583 bits per heavy atom. The summed E-state index contributed by atoms with van der Waals surface area (Å²) in [4.78, 5) is 0. The molecule has 4 fully saturated rings. The Balaban J connectivity index is 0.000000222. The van der Waals surface area contributed by atoms with Gasteiger partial charge in [-0.15, -0.1) is 24.8 Å². The van der Waals surface area contributed by atoms with Crippen LogP contribution in [0, 0.1) is 35.5 Å². The summed E-state index contributed by atoms with van der Waals surface area (Å²) in [6.45, 7) is 2.71. The summed E-state index contributed by atoms with van der Waals surface area (Å²) in [6.07, 6.45) is -7.21. The van der Waals surface area contributed by atoms with Crippen LogP contribution in [0.1, 0.15) is 12.8 Å². The molecule has 10 heteroatoms. The predicted octanol–water partition coefficient (Wildman–Crippen LogP) is 3.65. The van der Waals surface area contributed by atoms with Crippen molar-refractivity contribution >= 4 is 24.8 Å². The van der Waals surface area contributed by atoms with Crippen molar-refractivity contribution in [2.75, 3.05) is 26.2 Å². The van der Waals surface area contributed by atoms with Crippen LogP contribution >= 0.6 is 24.8 Å². The van der Waals surface area contributed by atoms with Gasteiger partial charge < -0.3 is 10.6 Å². The first-order valence-electron chi connectivity index (χ1n) is 7.72. The monoisotopic (exact) mass is 402 g/mol. The zero-order chi connectivity index (χ0) is 16.1. The Morgan fingerprint density at radius 2 is 0.917 bits per heavy atom. The zero-order valence-electron chi connectivity index (χ0n) is 12.8. The molecule has 2 saturated carbocycles. The second-order valence-electron chi connectivity index (χ2n) is 6.93. The van der Waals surface area contributed by atoms with Crippen molar-refractivity contribution in [2.24, 2.45) is 35.5 Å². The number of fused-ring (bicyclic) bond motifs is 2. The summed E-state index contributed by atoms with van der Waals surface area (Å²) in [5.74, 6) is -1.64. The van der Waals surface area contributed by atoms with Crippen molar-refractivity contribution in [1.29, 1.82) is 0 Å². The molecule has 0 aromatic carbocycles. The second kappa shape index (κ2) is 7.76. The molecule has 0 amide bonds. The van der Waals surface area contributed by atoms with E-state index in [1.54, 1.807) is 0 Å². The minimum Gasteiger partial charge on any atom is -0.316 e. The molecule has 2 N–H and O–H groups in total. The molecule has 0 radical (unpaired) electrons. The van der Waals surface area contributed by atoms with E-state index in [4.69, 9.17) is 0 Å². The van der Waals surface area contributed by atoms with Crippen LogP contribution in [0.3, 0.4) is 0 Å². The third-order valence-corrected chi connectivity index (χ3v) is 5.77. The Labute approximate surface area is 149 Å². The normalized spacial score (nSPS) is 39.8. The molecular weight excluding hydrogens is 381 g/mol. The van der Waals surface area contributed by atoms with Crippen molar-refractivity contribution in [1.82, 2.24) is 10.6 Å². The lowest BCUT2D eigenvalue weighted by Crippen LogP contribution is -2.44. The van der Waals surface area contributed by atoms with E-state index in [0.717, 1.165) is 13.1 Å². The van der Waals surface area contributed by atoms with Gasteiger partial charge in [-0.2, -0.15) is 26.3 Å². The summed E-state index contributed by atoms with van der Waals surface area (Å²) in [5.41, 5.74) is 0. The smallest absolute Gasteiger partial charge is 0.316 e. The van der Waals surface area contributed by atoms with Gasteiger partial charge in [0.2, 0.25) is 0 Å². The SMILES string of the molecule is Cl.Cl.FC(F)(F)C1C[C@@H]2CNC[C@H]12.FC(F)(F)C1C[C@H]2CNC[C@@H]12. The Hall–Kier alpha value is 0.0800. The fourth-order valence-corrected chi connectivity index (χ4v) is 4.33. The number of rotatable bonds is 0. The topological polar surface area (TPSA) is 24.1 Å². The van der Waals surface area contributed by atoms with Gasteiger partial charge in [0, 0.05) is 0 Å². The number of nitrogens with one attached hydrogen (secondary N) is 2. The molecule has 4 aliphatic rings. The van der Waals surface area contributed by atoms with E-state index in [2.05, 4.69) is 10.6 Å². The van der Waals surface area contributed by atoms with Crippen LogP contribution < -0.4 is 10.6 Å². The van der Waals surface area contributed by atoms with Crippen LogP contribution in [0.25, 0.3) is 0 Å². The highest BCUT2D eigenvalue weighted by atomic mass is 35.5. The molecule has 24 heavy (non-hydrogen) atoms. The van der Waals surface area contributed by atoms with E-state index in [1.807, 2.05) is 0 Å². The summed E-state index contributed by atoms with van der Waals surface area (Å²) in [6, 6.07) is 0. The third kappa shape index (κ3) is 4.24. The highest BCUT2D eigenvalue weighted by Crippen LogP contribution is 2.51. The predicted molar refractivity (Wildman–Crippen MR) is 82.5 cm³/mol. The van der Waals surface area contributed by atoms with Crippen LogP contribution in [-0.2, 0) is 0 Å². The molecule has 144 valence electrons. The van der Waals surface area contributed by atoms with Crippen molar-refractivity contribution in [3.05, 3.63) is 0 Å². The van der Waals surface area contributed by atoms with Crippen LogP contribution in [0.15, 0.2) is 0 Å². The average molecular weight is 403 g/mol. The van der Waals surface area contributed by atoms with Gasteiger partial charge in [-0.05, 0) is 62.7 Å². The maximum absolute atomic E-state index is 12.1. The van der Waals surface area contributed by atoms with E-state index < -0.39 is 24.2 Å². The lowest BCUT2D eigenvalue weighted by atomic mass is 9.66. The first-order chi connectivity index (χ1) is 10.2. The standard InChI is InChI=1S/2C7H10F3N.2ClH/c2*8-7(9,10)6-1-4-2-11-3-5(4)6;;/h2*4-6,11H,1-3H2;2*1H/t2*4-,5+,6?;;/m10../s1. The molecule has 4 rings (SSSR count). The molecule has 0 aromatic heterocycles. The molecule has 6 atom stereocenters. The maximum atomic E-state index is 12.1. The minimum absolute atomic E-state index is 0. The Kier molecular flexibility index (Phi) is 7.15. The highest BCUT2D eigenvalue weighted by Gasteiger charge is 2.57. The van der Waals surface area contributed by atoms with Gasteiger partial charge in [0.15, 0.2) is 0 Å². The number of hydrogen-bond donors (Lipinski definition) is 2. The zero-order valence-corrected chi connectivity index (χ0v) is 14.4. The van der Waals surface area contributed by atoms with Gasteiger partial charge in [-0.1, -0.05) is 0 Å². The van der Waals surface area contributed by atoms with Gasteiger partial charge in [-0.3, -0.25) is 0 Å². The van der Waals surface area contributed by atoms with Crippen LogP contribution in [0.4, 0.5) is 26.3 Å². The summed E-state index contributed by atoms with van der Waals surface area (Å²) >= 11 is 0. The average Bonchev–Trinajstić information content (AvgIpc) is 2.81. The van der Waals surface area contributed by atoms with Crippen molar-refractivity contribution in [3.8, 4) is 0 Å². The van der Waals surface area contributed by atoms with Crippen LogP contribution in [0.2, 0.25) is 0 Å². The minimum atomic E-state index is -3.95. The van der Waals surface area contributed by atoms with E-state index in [9.17, 15) is 26.3 Å². The largest absolute Gasteiger partial charge is 0.392 e. The van der Waals surface area contributed by atoms with Crippen molar-refractivity contribution < 1.29 is 26.3 Å². The molecule has 2 aliphatic carbocycles. The third-order valence-electron chi connectivity index (χ3n) is 5.77. The van der Waals surface area contributed by atoms with Gasteiger partial charge in [0.1, 0.15) is 0 Å². The molecule has 2 aliphatic heterocycles. The van der Waals surface area contributed by atoms with E-state index in [0.29, 0.717) is 37.8 Å². The first kappa shape index (κ1) is 22.1. The maximum Gasteiger partial charge on any atom is 0.392 e. The lowest BCUT2D eigenvalue weighted by Gasteiger charge is -2.40. The van der Waals surface area contributed by atoms with Gasteiger partial charge in [-0.25, -0.2) is 0 Å². The fraction of sp³-hybridized carbons (Fsp3) is 1.00.